The van der Waals surface area contributed by atoms with Crippen LogP contribution in [0, 0.1) is 0 Å². The third-order valence-electron chi connectivity index (χ3n) is 4.15. The van der Waals surface area contributed by atoms with Gasteiger partial charge in [-0.2, -0.15) is 16.3 Å². The lowest BCUT2D eigenvalue weighted by Crippen LogP contribution is -2.21. The van der Waals surface area contributed by atoms with Crippen LogP contribution in [0.2, 0.25) is 0 Å². The molecule has 0 aliphatic heterocycles. The molecule has 3 aromatic heterocycles. The SMILES string of the molecule is C[C@@H](c1cc2ccccc2o1)N(C)Cc1nc(-c2ccsc2)no1. The largest absolute Gasteiger partial charge is 0.459 e. The van der Waals surface area contributed by atoms with E-state index in [2.05, 4.69) is 34.1 Å². The van der Waals surface area contributed by atoms with Crippen LogP contribution in [0.15, 0.2) is 56.1 Å². The molecule has 5 nitrogen and oxygen atoms in total. The lowest BCUT2D eigenvalue weighted by molar-refractivity contribution is 0.198. The van der Waals surface area contributed by atoms with E-state index < -0.39 is 0 Å². The fourth-order valence-electron chi connectivity index (χ4n) is 2.60. The summed E-state index contributed by atoms with van der Waals surface area (Å²) in [6.45, 7) is 2.67. The zero-order valence-corrected chi connectivity index (χ0v) is 14.3. The van der Waals surface area contributed by atoms with Crippen LogP contribution in [0.3, 0.4) is 0 Å². The van der Waals surface area contributed by atoms with Crippen molar-refractivity contribution < 1.29 is 8.94 Å². The van der Waals surface area contributed by atoms with Gasteiger partial charge in [-0.25, -0.2) is 0 Å². The van der Waals surface area contributed by atoms with Crippen LogP contribution in [-0.2, 0) is 6.54 Å². The van der Waals surface area contributed by atoms with Gasteiger partial charge in [-0.1, -0.05) is 23.4 Å². The summed E-state index contributed by atoms with van der Waals surface area (Å²) in [6.07, 6.45) is 0. The molecule has 1 atom stereocenters. The number of furan rings is 1. The van der Waals surface area contributed by atoms with Gasteiger partial charge in [0.05, 0.1) is 12.6 Å². The molecule has 0 fully saturated rings. The second kappa shape index (κ2) is 6.22. The Bertz CT molecular complexity index is 909. The molecule has 122 valence electrons. The molecule has 0 radical (unpaired) electrons. The van der Waals surface area contributed by atoms with Gasteiger partial charge in [0.25, 0.3) is 0 Å². The van der Waals surface area contributed by atoms with Crippen molar-refractivity contribution in [3.63, 3.8) is 0 Å². The van der Waals surface area contributed by atoms with Crippen LogP contribution in [0.25, 0.3) is 22.4 Å². The zero-order chi connectivity index (χ0) is 16.5. The Morgan fingerprint density at radius 2 is 2.12 bits per heavy atom. The van der Waals surface area contributed by atoms with Gasteiger partial charge in [-0.15, -0.1) is 0 Å². The van der Waals surface area contributed by atoms with Crippen molar-refractivity contribution >= 4 is 22.3 Å². The first kappa shape index (κ1) is 15.1. The molecule has 3 heterocycles. The second-order valence-electron chi connectivity index (χ2n) is 5.80. The first-order valence-electron chi connectivity index (χ1n) is 7.74. The number of aromatic nitrogens is 2. The van der Waals surface area contributed by atoms with Gasteiger partial charge in [-0.3, -0.25) is 4.90 Å². The summed E-state index contributed by atoms with van der Waals surface area (Å²) in [6, 6.07) is 12.2. The zero-order valence-electron chi connectivity index (χ0n) is 13.5. The normalized spacial score (nSPS) is 13.0. The lowest BCUT2D eigenvalue weighted by Gasteiger charge is -2.20. The molecule has 0 aliphatic carbocycles. The number of nitrogens with zero attached hydrogens (tertiary/aromatic N) is 3. The molecule has 0 amide bonds. The highest BCUT2D eigenvalue weighted by Crippen LogP contribution is 2.27. The van der Waals surface area contributed by atoms with Gasteiger partial charge in [0.1, 0.15) is 11.3 Å². The van der Waals surface area contributed by atoms with Crippen LogP contribution < -0.4 is 0 Å². The predicted octanol–water partition coefficient (Wildman–Crippen LogP) is 4.74. The van der Waals surface area contributed by atoms with Gasteiger partial charge in [0, 0.05) is 16.3 Å². The summed E-state index contributed by atoms with van der Waals surface area (Å²) in [4.78, 5) is 6.60. The molecular weight excluding hydrogens is 322 g/mol. The van der Waals surface area contributed by atoms with E-state index in [1.807, 2.05) is 42.1 Å². The van der Waals surface area contributed by atoms with E-state index in [0.29, 0.717) is 18.3 Å². The fourth-order valence-corrected chi connectivity index (χ4v) is 3.24. The van der Waals surface area contributed by atoms with E-state index in [1.54, 1.807) is 11.3 Å². The minimum atomic E-state index is 0.105. The molecule has 0 aliphatic rings. The van der Waals surface area contributed by atoms with Crippen LogP contribution >= 0.6 is 11.3 Å². The fraction of sp³-hybridized carbons (Fsp3) is 0.222. The highest BCUT2D eigenvalue weighted by atomic mass is 32.1. The lowest BCUT2D eigenvalue weighted by atomic mass is 10.2. The summed E-state index contributed by atoms with van der Waals surface area (Å²) in [5.74, 6) is 2.16. The van der Waals surface area contributed by atoms with E-state index in [0.717, 1.165) is 22.3 Å². The number of benzene rings is 1. The average molecular weight is 339 g/mol. The molecule has 0 saturated carbocycles. The van der Waals surface area contributed by atoms with E-state index in [-0.39, 0.29) is 6.04 Å². The smallest absolute Gasteiger partial charge is 0.241 e. The molecular formula is C18H17N3O2S. The average Bonchev–Trinajstić information content (AvgIpc) is 3.32. The maximum absolute atomic E-state index is 5.95. The van der Waals surface area contributed by atoms with Crippen molar-refractivity contribution in [2.45, 2.75) is 19.5 Å². The predicted molar refractivity (Wildman–Crippen MR) is 93.7 cm³/mol. The first-order valence-corrected chi connectivity index (χ1v) is 8.69. The minimum absolute atomic E-state index is 0.105. The topological polar surface area (TPSA) is 55.3 Å². The van der Waals surface area contributed by atoms with Crippen molar-refractivity contribution in [1.82, 2.24) is 15.0 Å². The third-order valence-corrected chi connectivity index (χ3v) is 4.83. The number of fused-ring (bicyclic) bond motifs is 1. The van der Waals surface area contributed by atoms with Gasteiger partial charge >= 0.3 is 0 Å². The van der Waals surface area contributed by atoms with E-state index in [1.165, 1.54) is 0 Å². The van der Waals surface area contributed by atoms with E-state index in [4.69, 9.17) is 8.94 Å². The molecule has 0 saturated heterocycles. The molecule has 1 aromatic carbocycles. The quantitative estimate of drug-likeness (QED) is 0.526. The molecule has 0 spiro atoms. The Morgan fingerprint density at radius 3 is 2.92 bits per heavy atom. The highest BCUT2D eigenvalue weighted by molar-refractivity contribution is 7.08. The Hall–Kier alpha value is -2.44. The van der Waals surface area contributed by atoms with Crippen LogP contribution in [0.5, 0.6) is 0 Å². The molecule has 24 heavy (non-hydrogen) atoms. The van der Waals surface area contributed by atoms with Crippen LogP contribution in [0.1, 0.15) is 24.6 Å². The van der Waals surface area contributed by atoms with Gasteiger partial charge in [-0.05, 0) is 37.6 Å². The number of hydrogen-bond acceptors (Lipinski definition) is 6. The number of para-hydroxylation sites is 1. The molecule has 4 rings (SSSR count). The Morgan fingerprint density at radius 1 is 1.25 bits per heavy atom. The van der Waals surface area contributed by atoms with E-state index >= 15 is 0 Å². The van der Waals surface area contributed by atoms with Crippen molar-refractivity contribution in [2.24, 2.45) is 0 Å². The third kappa shape index (κ3) is 2.86. The maximum atomic E-state index is 5.95. The van der Waals surface area contributed by atoms with E-state index in [9.17, 15) is 0 Å². The number of hydrogen-bond donors (Lipinski definition) is 0. The molecule has 0 unspecified atom stereocenters. The number of thiophene rings is 1. The summed E-state index contributed by atoms with van der Waals surface area (Å²) in [5, 5.41) is 9.18. The van der Waals surface area contributed by atoms with Gasteiger partial charge in [0.15, 0.2) is 0 Å². The molecule has 4 aromatic rings. The molecule has 0 N–H and O–H groups in total. The molecule has 6 heteroatoms. The van der Waals surface area contributed by atoms with Crippen molar-refractivity contribution in [3.8, 4) is 11.4 Å². The van der Waals surface area contributed by atoms with Crippen LogP contribution in [0.4, 0.5) is 0 Å². The van der Waals surface area contributed by atoms with Gasteiger partial charge in [0.2, 0.25) is 11.7 Å². The number of rotatable bonds is 5. The maximum Gasteiger partial charge on any atom is 0.241 e. The highest BCUT2D eigenvalue weighted by Gasteiger charge is 2.19. The van der Waals surface area contributed by atoms with Crippen molar-refractivity contribution in [3.05, 3.63) is 58.8 Å². The van der Waals surface area contributed by atoms with Gasteiger partial charge < -0.3 is 8.94 Å². The summed E-state index contributed by atoms with van der Waals surface area (Å²) in [5.41, 5.74) is 1.90. The van der Waals surface area contributed by atoms with Crippen LogP contribution in [-0.4, -0.2) is 22.1 Å². The molecule has 0 bridgehead atoms. The Balaban J connectivity index is 1.50. The first-order chi connectivity index (χ1) is 11.7. The minimum Gasteiger partial charge on any atom is -0.459 e. The van der Waals surface area contributed by atoms with Crippen molar-refractivity contribution in [2.75, 3.05) is 7.05 Å². The summed E-state index contributed by atoms with van der Waals surface area (Å²) in [7, 11) is 2.02. The monoisotopic (exact) mass is 339 g/mol. The summed E-state index contributed by atoms with van der Waals surface area (Å²) < 4.78 is 11.3. The van der Waals surface area contributed by atoms with Crippen molar-refractivity contribution in [1.29, 1.82) is 0 Å². The summed E-state index contributed by atoms with van der Waals surface area (Å²) >= 11 is 1.62. The standard InChI is InChI=1S/C18H17N3O2S/c1-12(16-9-13-5-3-4-6-15(13)22-16)21(2)10-17-19-18(20-23-17)14-7-8-24-11-14/h3-9,11-12H,10H2,1-2H3/t12-/m0/s1. The Kier molecular flexibility index (Phi) is 3.92. The second-order valence-corrected chi connectivity index (χ2v) is 6.58. The Labute approximate surface area is 143 Å².